The molecule has 0 aromatic heterocycles. The highest BCUT2D eigenvalue weighted by molar-refractivity contribution is 9.10. The number of rotatable bonds is 1. The summed E-state index contributed by atoms with van der Waals surface area (Å²) in [7, 11) is 0. The number of hydrogen-bond donors (Lipinski definition) is 1. The van der Waals surface area contributed by atoms with Gasteiger partial charge in [0.05, 0.1) is 5.69 Å². The van der Waals surface area contributed by atoms with Crippen LogP contribution in [0.15, 0.2) is 22.7 Å². The van der Waals surface area contributed by atoms with Crippen LogP contribution in [0.3, 0.4) is 0 Å². The first-order valence-corrected chi connectivity index (χ1v) is 6.68. The highest BCUT2D eigenvalue weighted by Gasteiger charge is 2.37. The molecule has 1 aromatic rings. The molecule has 1 saturated heterocycles. The number of anilines is 1. The minimum absolute atomic E-state index is 0.157. The molecule has 19 heavy (non-hydrogen) atoms. The summed E-state index contributed by atoms with van der Waals surface area (Å²) in [5.74, 6) is -1.02. The van der Waals surface area contributed by atoms with Gasteiger partial charge in [-0.2, -0.15) is 0 Å². The molecule has 1 heterocycles. The lowest BCUT2D eigenvalue weighted by atomic mass is 10.0. The maximum absolute atomic E-state index is 14.0. The Balaban J connectivity index is 2.42. The molecule has 4 nitrogen and oxygen atoms in total. The number of halogens is 2. The lowest BCUT2D eigenvalue weighted by molar-refractivity contribution is -0.128. The molecule has 2 rings (SSSR count). The molecule has 0 radical (unpaired) electrons. The van der Waals surface area contributed by atoms with E-state index < -0.39 is 11.4 Å². The van der Waals surface area contributed by atoms with Crippen LogP contribution in [0.2, 0.25) is 0 Å². The zero-order chi connectivity index (χ0) is 14.2. The van der Waals surface area contributed by atoms with Crippen molar-refractivity contribution in [2.24, 2.45) is 0 Å². The van der Waals surface area contributed by atoms with Crippen molar-refractivity contribution in [3.8, 4) is 0 Å². The van der Waals surface area contributed by atoms with Crippen molar-refractivity contribution in [3.05, 3.63) is 28.5 Å². The second-order valence-electron chi connectivity index (χ2n) is 4.98. The van der Waals surface area contributed by atoms with Crippen molar-refractivity contribution in [2.45, 2.75) is 25.8 Å². The highest BCUT2D eigenvalue weighted by Crippen LogP contribution is 2.26. The molecule has 102 valence electrons. The van der Waals surface area contributed by atoms with Crippen LogP contribution < -0.4 is 10.2 Å². The van der Waals surface area contributed by atoms with E-state index in [0.717, 1.165) is 0 Å². The Morgan fingerprint density at radius 3 is 2.68 bits per heavy atom. The molecule has 0 aliphatic carbocycles. The molecule has 1 N–H and O–H groups in total. The van der Waals surface area contributed by atoms with E-state index in [9.17, 15) is 14.0 Å². The highest BCUT2D eigenvalue weighted by atomic mass is 79.9. The Morgan fingerprint density at radius 1 is 1.37 bits per heavy atom. The fraction of sp³-hybridized carbons (Fsp3) is 0.385. The molecule has 6 heteroatoms. The van der Waals surface area contributed by atoms with E-state index >= 15 is 0 Å². The smallest absolute Gasteiger partial charge is 0.252 e. The number of amides is 2. The van der Waals surface area contributed by atoms with E-state index in [1.807, 2.05) is 0 Å². The SMILES string of the molecule is CC1(C)NC(=O)CCN(c2ccc(Br)cc2F)C1=O. The normalized spacial score (nSPS) is 19.1. The molecular weight excluding hydrogens is 315 g/mol. The van der Waals surface area contributed by atoms with E-state index in [2.05, 4.69) is 21.2 Å². The third-order valence-electron chi connectivity index (χ3n) is 2.99. The van der Waals surface area contributed by atoms with Crippen molar-refractivity contribution < 1.29 is 14.0 Å². The van der Waals surface area contributed by atoms with Crippen LogP contribution in [0.4, 0.5) is 10.1 Å². The second-order valence-corrected chi connectivity index (χ2v) is 5.89. The van der Waals surface area contributed by atoms with Gasteiger partial charge in [0, 0.05) is 17.4 Å². The van der Waals surface area contributed by atoms with Gasteiger partial charge in [0.15, 0.2) is 0 Å². The maximum atomic E-state index is 14.0. The van der Waals surface area contributed by atoms with E-state index in [-0.39, 0.29) is 30.5 Å². The van der Waals surface area contributed by atoms with Crippen molar-refractivity contribution in [1.82, 2.24) is 5.32 Å². The van der Waals surface area contributed by atoms with Crippen LogP contribution in [-0.4, -0.2) is 23.9 Å². The minimum atomic E-state index is -1.03. The van der Waals surface area contributed by atoms with Gasteiger partial charge in [-0.25, -0.2) is 4.39 Å². The average Bonchev–Trinajstić information content (AvgIpc) is 2.38. The number of carbonyl (C=O) groups is 2. The zero-order valence-corrected chi connectivity index (χ0v) is 12.3. The Hall–Kier alpha value is -1.43. The molecule has 0 atom stereocenters. The van der Waals surface area contributed by atoms with Crippen molar-refractivity contribution in [2.75, 3.05) is 11.4 Å². The third-order valence-corrected chi connectivity index (χ3v) is 3.49. The van der Waals surface area contributed by atoms with Gasteiger partial charge in [-0.15, -0.1) is 0 Å². The standard InChI is InChI=1S/C13H14BrFN2O2/c1-13(2)12(19)17(6-5-11(18)16-13)10-4-3-8(14)7-9(10)15/h3-4,7H,5-6H2,1-2H3,(H,16,18). The molecule has 0 saturated carbocycles. The van der Waals surface area contributed by atoms with Gasteiger partial charge in [-0.05, 0) is 32.0 Å². The average molecular weight is 329 g/mol. The summed E-state index contributed by atoms with van der Waals surface area (Å²) in [5, 5.41) is 2.64. The first kappa shape index (κ1) is 14.0. The fourth-order valence-electron chi connectivity index (χ4n) is 2.05. The van der Waals surface area contributed by atoms with Gasteiger partial charge in [0.25, 0.3) is 5.91 Å². The minimum Gasteiger partial charge on any atom is -0.342 e. The predicted molar refractivity (Wildman–Crippen MR) is 73.3 cm³/mol. The summed E-state index contributed by atoms with van der Waals surface area (Å²) >= 11 is 3.17. The maximum Gasteiger partial charge on any atom is 0.252 e. The van der Waals surface area contributed by atoms with Gasteiger partial charge in [-0.3, -0.25) is 9.59 Å². The number of nitrogens with one attached hydrogen (secondary N) is 1. The fourth-order valence-corrected chi connectivity index (χ4v) is 2.38. The Kier molecular flexibility index (Phi) is 3.62. The molecule has 1 aliphatic rings. The summed E-state index contributed by atoms with van der Waals surface area (Å²) in [6, 6.07) is 4.50. The van der Waals surface area contributed by atoms with Gasteiger partial charge in [-0.1, -0.05) is 15.9 Å². The summed E-state index contributed by atoms with van der Waals surface area (Å²) < 4.78 is 14.6. The molecule has 1 fully saturated rings. The molecule has 2 amide bonds. The van der Waals surface area contributed by atoms with Gasteiger partial charge in [0.1, 0.15) is 11.4 Å². The van der Waals surface area contributed by atoms with Crippen molar-refractivity contribution in [3.63, 3.8) is 0 Å². The number of benzene rings is 1. The molecule has 0 spiro atoms. The first-order chi connectivity index (χ1) is 8.81. The van der Waals surface area contributed by atoms with Crippen LogP contribution in [-0.2, 0) is 9.59 Å². The van der Waals surface area contributed by atoms with Crippen molar-refractivity contribution >= 4 is 33.4 Å². The summed E-state index contributed by atoms with van der Waals surface area (Å²) in [4.78, 5) is 25.3. The lowest BCUT2D eigenvalue weighted by Gasteiger charge is -2.29. The Morgan fingerprint density at radius 2 is 2.05 bits per heavy atom. The predicted octanol–water partition coefficient (Wildman–Crippen LogP) is 2.22. The summed E-state index contributed by atoms with van der Waals surface area (Å²) in [6.07, 6.45) is 0.157. The summed E-state index contributed by atoms with van der Waals surface area (Å²) in [5.41, 5.74) is -0.842. The van der Waals surface area contributed by atoms with E-state index in [1.165, 1.54) is 17.0 Å². The molecule has 1 aliphatic heterocycles. The van der Waals surface area contributed by atoms with E-state index in [1.54, 1.807) is 19.9 Å². The topological polar surface area (TPSA) is 49.4 Å². The lowest BCUT2D eigenvalue weighted by Crippen LogP contribution is -2.53. The van der Waals surface area contributed by atoms with Crippen LogP contribution in [0.5, 0.6) is 0 Å². The number of carbonyl (C=O) groups excluding carboxylic acids is 2. The molecular formula is C13H14BrFN2O2. The van der Waals surface area contributed by atoms with Gasteiger partial charge >= 0.3 is 0 Å². The quantitative estimate of drug-likeness (QED) is 0.859. The third kappa shape index (κ3) is 2.78. The zero-order valence-electron chi connectivity index (χ0n) is 10.7. The van der Waals surface area contributed by atoms with Gasteiger partial charge < -0.3 is 10.2 Å². The van der Waals surface area contributed by atoms with Gasteiger partial charge in [0.2, 0.25) is 5.91 Å². The largest absolute Gasteiger partial charge is 0.342 e. The van der Waals surface area contributed by atoms with Crippen LogP contribution >= 0.6 is 15.9 Å². The Labute approximate surface area is 119 Å². The van der Waals surface area contributed by atoms with Crippen LogP contribution in [0.1, 0.15) is 20.3 Å². The number of nitrogens with zero attached hydrogens (tertiary/aromatic N) is 1. The first-order valence-electron chi connectivity index (χ1n) is 5.89. The molecule has 0 bridgehead atoms. The number of hydrogen-bond acceptors (Lipinski definition) is 2. The molecule has 0 unspecified atom stereocenters. The van der Waals surface area contributed by atoms with Crippen molar-refractivity contribution in [1.29, 1.82) is 0 Å². The van der Waals surface area contributed by atoms with E-state index in [4.69, 9.17) is 0 Å². The Bertz CT molecular complexity index is 545. The molecule has 1 aromatic carbocycles. The van der Waals surface area contributed by atoms with Crippen LogP contribution in [0.25, 0.3) is 0 Å². The van der Waals surface area contributed by atoms with E-state index in [0.29, 0.717) is 4.47 Å². The monoisotopic (exact) mass is 328 g/mol. The second kappa shape index (κ2) is 4.92. The summed E-state index contributed by atoms with van der Waals surface area (Å²) in [6.45, 7) is 3.40. The van der Waals surface area contributed by atoms with Crippen LogP contribution in [0, 0.1) is 5.82 Å².